The zero-order chi connectivity index (χ0) is 12.0. The number of carboxylic acids is 1. The number of carbonyl (C=O) groups excluding carboxylic acids is 1. The molecule has 5 nitrogen and oxygen atoms in total. The van der Waals surface area contributed by atoms with Gasteiger partial charge in [0.05, 0.1) is 19.8 Å². The van der Waals surface area contributed by atoms with Gasteiger partial charge in [0.1, 0.15) is 0 Å². The van der Waals surface area contributed by atoms with Crippen LogP contribution in [0.25, 0.3) is 0 Å². The first-order valence-electron chi connectivity index (χ1n) is 4.86. The maximum Gasteiger partial charge on any atom is 0.324 e. The van der Waals surface area contributed by atoms with Gasteiger partial charge in [-0.05, 0) is 0 Å². The fourth-order valence-corrected chi connectivity index (χ4v) is 1.86. The molecule has 1 N–H and O–H groups in total. The SMILES string of the molecule is O=C(O)C1(C(=O)N2CCC(F)(F)C2)COC1. The third-order valence-electron chi connectivity index (χ3n) is 2.97. The van der Waals surface area contributed by atoms with Crippen molar-refractivity contribution < 1.29 is 28.2 Å². The van der Waals surface area contributed by atoms with Crippen LogP contribution in [-0.2, 0) is 14.3 Å². The lowest BCUT2D eigenvalue weighted by Crippen LogP contribution is -2.59. The van der Waals surface area contributed by atoms with Crippen molar-refractivity contribution in [1.29, 1.82) is 0 Å². The van der Waals surface area contributed by atoms with Gasteiger partial charge in [0.2, 0.25) is 5.91 Å². The third-order valence-corrected chi connectivity index (χ3v) is 2.97. The Balaban J connectivity index is 2.11. The van der Waals surface area contributed by atoms with Crippen LogP contribution in [0, 0.1) is 5.41 Å². The van der Waals surface area contributed by atoms with Crippen LogP contribution in [0.15, 0.2) is 0 Å². The molecule has 16 heavy (non-hydrogen) atoms. The van der Waals surface area contributed by atoms with Gasteiger partial charge in [-0.15, -0.1) is 0 Å². The van der Waals surface area contributed by atoms with Crippen LogP contribution < -0.4 is 0 Å². The smallest absolute Gasteiger partial charge is 0.324 e. The molecule has 0 saturated carbocycles. The molecule has 0 aromatic heterocycles. The van der Waals surface area contributed by atoms with E-state index < -0.39 is 36.2 Å². The molecular weight excluding hydrogens is 224 g/mol. The van der Waals surface area contributed by atoms with Crippen molar-refractivity contribution in [2.75, 3.05) is 26.3 Å². The molecule has 0 aromatic carbocycles. The zero-order valence-corrected chi connectivity index (χ0v) is 8.41. The summed E-state index contributed by atoms with van der Waals surface area (Å²) in [7, 11) is 0. The predicted molar refractivity (Wildman–Crippen MR) is 47.0 cm³/mol. The number of rotatable bonds is 2. The number of likely N-dealkylation sites (tertiary alicyclic amines) is 1. The second kappa shape index (κ2) is 3.38. The number of carboxylic acid groups (broad SMARTS) is 1. The van der Waals surface area contributed by atoms with Crippen molar-refractivity contribution in [3.8, 4) is 0 Å². The summed E-state index contributed by atoms with van der Waals surface area (Å²) in [6.07, 6.45) is -0.407. The Kier molecular flexibility index (Phi) is 2.37. The number of halogens is 2. The van der Waals surface area contributed by atoms with Crippen LogP contribution in [0.2, 0.25) is 0 Å². The number of alkyl halides is 2. The summed E-state index contributed by atoms with van der Waals surface area (Å²) < 4.78 is 30.5. The molecule has 7 heteroatoms. The highest BCUT2D eigenvalue weighted by Crippen LogP contribution is 2.34. The van der Waals surface area contributed by atoms with E-state index in [0.29, 0.717) is 0 Å². The summed E-state index contributed by atoms with van der Waals surface area (Å²) in [5.74, 6) is -4.97. The fraction of sp³-hybridized carbons (Fsp3) is 0.778. The molecule has 2 saturated heterocycles. The minimum atomic E-state index is -2.90. The van der Waals surface area contributed by atoms with Gasteiger partial charge >= 0.3 is 5.97 Å². The number of hydrogen-bond donors (Lipinski definition) is 1. The highest BCUT2D eigenvalue weighted by atomic mass is 19.3. The molecule has 0 aromatic rings. The molecule has 1 amide bonds. The molecule has 2 heterocycles. The summed E-state index contributed by atoms with van der Waals surface area (Å²) in [6.45, 7) is -1.26. The number of aliphatic carboxylic acids is 1. The summed E-state index contributed by atoms with van der Waals surface area (Å²) in [6, 6.07) is 0. The van der Waals surface area contributed by atoms with Gasteiger partial charge in [-0.25, -0.2) is 8.78 Å². The Bertz CT molecular complexity index is 340. The van der Waals surface area contributed by atoms with E-state index in [9.17, 15) is 18.4 Å². The Morgan fingerprint density at radius 2 is 1.94 bits per heavy atom. The second-order valence-corrected chi connectivity index (χ2v) is 4.21. The largest absolute Gasteiger partial charge is 0.480 e. The summed E-state index contributed by atoms with van der Waals surface area (Å²) in [5, 5.41) is 8.93. The van der Waals surface area contributed by atoms with Crippen molar-refractivity contribution in [1.82, 2.24) is 4.90 Å². The molecular formula is C9H11F2NO4. The van der Waals surface area contributed by atoms with Gasteiger partial charge < -0.3 is 14.7 Å². The van der Waals surface area contributed by atoms with Gasteiger partial charge in [0.15, 0.2) is 5.41 Å². The third kappa shape index (κ3) is 1.55. The van der Waals surface area contributed by atoms with Crippen molar-refractivity contribution in [3.05, 3.63) is 0 Å². The average Bonchev–Trinajstić information content (AvgIpc) is 2.43. The Hall–Kier alpha value is -1.24. The topological polar surface area (TPSA) is 66.8 Å². The summed E-state index contributed by atoms with van der Waals surface area (Å²) in [4.78, 5) is 23.7. The van der Waals surface area contributed by atoms with E-state index in [4.69, 9.17) is 9.84 Å². The average molecular weight is 235 g/mol. The van der Waals surface area contributed by atoms with Crippen LogP contribution in [0.5, 0.6) is 0 Å². The number of ether oxygens (including phenoxy) is 1. The molecule has 0 aliphatic carbocycles. The normalized spacial score (nSPS) is 26.2. The van der Waals surface area contributed by atoms with E-state index in [-0.39, 0.29) is 19.8 Å². The van der Waals surface area contributed by atoms with Crippen molar-refractivity contribution >= 4 is 11.9 Å². The standard InChI is InChI=1S/C9H11F2NO4/c10-9(11)1-2-12(3-9)6(13)8(7(14)15)4-16-5-8/h1-5H2,(H,14,15). The quantitative estimate of drug-likeness (QED) is 0.682. The number of hydrogen-bond acceptors (Lipinski definition) is 3. The minimum Gasteiger partial charge on any atom is -0.480 e. The van der Waals surface area contributed by atoms with Gasteiger partial charge in [-0.3, -0.25) is 9.59 Å². The van der Waals surface area contributed by atoms with Crippen LogP contribution in [0.1, 0.15) is 6.42 Å². The molecule has 2 fully saturated rings. The van der Waals surface area contributed by atoms with E-state index in [2.05, 4.69) is 0 Å². The van der Waals surface area contributed by atoms with Crippen molar-refractivity contribution in [3.63, 3.8) is 0 Å². The van der Waals surface area contributed by atoms with Crippen molar-refractivity contribution in [2.24, 2.45) is 5.41 Å². The van der Waals surface area contributed by atoms with E-state index in [1.807, 2.05) is 0 Å². The Labute approximate surface area is 90.0 Å². The van der Waals surface area contributed by atoms with Gasteiger partial charge in [-0.1, -0.05) is 0 Å². The first-order chi connectivity index (χ1) is 7.37. The monoisotopic (exact) mass is 235 g/mol. The lowest BCUT2D eigenvalue weighted by Gasteiger charge is -2.38. The highest BCUT2D eigenvalue weighted by molar-refractivity contribution is 6.03. The van der Waals surface area contributed by atoms with Gasteiger partial charge in [-0.2, -0.15) is 0 Å². The van der Waals surface area contributed by atoms with Gasteiger partial charge in [0, 0.05) is 13.0 Å². The molecule has 0 radical (unpaired) electrons. The maximum atomic E-state index is 12.9. The fourth-order valence-electron chi connectivity index (χ4n) is 1.86. The Morgan fingerprint density at radius 3 is 2.25 bits per heavy atom. The Morgan fingerprint density at radius 1 is 1.31 bits per heavy atom. The summed E-state index contributed by atoms with van der Waals surface area (Å²) >= 11 is 0. The second-order valence-electron chi connectivity index (χ2n) is 4.21. The van der Waals surface area contributed by atoms with E-state index in [1.165, 1.54) is 0 Å². The molecule has 90 valence electrons. The number of nitrogens with zero attached hydrogens (tertiary/aromatic N) is 1. The first-order valence-corrected chi connectivity index (χ1v) is 4.86. The maximum absolute atomic E-state index is 12.9. The summed E-state index contributed by atoms with van der Waals surface area (Å²) in [5.41, 5.74) is -1.64. The highest BCUT2D eigenvalue weighted by Gasteiger charge is 2.57. The zero-order valence-electron chi connectivity index (χ0n) is 8.41. The predicted octanol–water partition coefficient (Wildman–Crippen LogP) is -0.0448. The van der Waals surface area contributed by atoms with Crippen LogP contribution in [-0.4, -0.2) is 54.1 Å². The number of amides is 1. The van der Waals surface area contributed by atoms with Crippen LogP contribution in [0.4, 0.5) is 8.78 Å². The van der Waals surface area contributed by atoms with E-state index in [1.54, 1.807) is 0 Å². The number of carbonyl (C=O) groups is 2. The van der Waals surface area contributed by atoms with E-state index >= 15 is 0 Å². The first kappa shape index (κ1) is 11.3. The molecule has 0 unspecified atom stereocenters. The molecule has 0 bridgehead atoms. The van der Waals surface area contributed by atoms with Crippen LogP contribution >= 0.6 is 0 Å². The molecule has 0 spiro atoms. The molecule has 2 rings (SSSR count). The minimum absolute atomic E-state index is 0.0964. The van der Waals surface area contributed by atoms with Crippen LogP contribution in [0.3, 0.4) is 0 Å². The lowest BCUT2D eigenvalue weighted by atomic mass is 9.84. The molecule has 2 aliphatic rings. The van der Waals surface area contributed by atoms with Gasteiger partial charge in [0.25, 0.3) is 5.92 Å². The molecule has 2 aliphatic heterocycles. The molecule has 0 atom stereocenters. The van der Waals surface area contributed by atoms with Crippen molar-refractivity contribution in [2.45, 2.75) is 12.3 Å². The van der Waals surface area contributed by atoms with E-state index in [0.717, 1.165) is 4.90 Å². The lowest BCUT2D eigenvalue weighted by molar-refractivity contribution is -0.191.